The fourth-order valence-electron chi connectivity index (χ4n) is 1.10. The van der Waals surface area contributed by atoms with Gasteiger partial charge < -0.3 is 5.32 Å². The molecule has 1 unspecified atom stereocenters. The van der Waals surface area contributed by atoms with Gasteiger partial charge in [-0.25, -0.2) is 8.78 Å². The zero-order chi connectivity index (χ0) is 9.84. The van der Waals surface area contributed by atoms with E-state index < -0.39 is 11.6 Å². The smallest absolute Gasteiger partial charge is 0.130 e. The minimum atomic E-state index is -0.578. The van der Waals surface area contributed by atoms with E-state index in [2.05, 4.69) is 5.32 Å². The topological polar surface area (TPSA) is 12.0 Å². The second-order valence-corrected chi connectivity index (χ2v) is 2.97. The molecule has 0 aliphatic rings. The Balaban J connectivity index is 2.99. The van der Waals surface area contributed by atoms with E-state index in [-0.39, 0.29) is 11.9 Å². The first-order valence-corrected chi connectivity index (χ1v) is 4.40. The summed E-state index contributed by atoms with van der Waals surface area (Å²) in [6.07, 6.45) is 0. The van der Waals surface area contributed by atoms with Crippen molar-refractivity contribution in [3.05, 3.63) is 35.4 Å². The number of rotatable bonds is 3. The Morgan fingerprint density at radius 2 is 2.15 bits per heavy atom. The molecule has 1 aromatic rings. The van der Waals surface area contributed by atoms with Crippen molar-refractivity contribution in [3.8, 4) is 0 Å². The van der Waals surface area contributed by atoms with Crippen molar-refractivity contribution in [2.75, 3.05) is 12.9 Å². The Morgan fingerprint density at radius 1 is 1.46 bits per heavy atom. The summed E-state index contributed by atoms with van der Waals surface area (Å²) in [5.74, 6) is -0.898. The highest BCUT2D eigenvalue weighted by Gasteiger charge is 2.12. The number of hydrogen-bond acceptors (Lipinski definition) is 1. The molecule has 1 nitrogen and oxygen atoms in total. The van der Waals surface area contributed by atoms with E-state index >= 15 is 0 Å². The molecule has 1 N–H and O–H groups in total. The lowest BCUT2D eigenvalue weighted by atomic mass is 10.1. The van der Waals surface area contributed by atoms with Gasteiger partial charge in [0, 0.05) is 23.6 Å². The Bertz CT molecular complexity index is 287. The predicted molar refractivity (Wildman–Crippen MR) is 48.9 cm³/mol. The summed E-state index contributed by atoms with van der Waals surface area (Å²) in [5, 5.41) is 2.83. The zero-order valence-electron chi connectivity index (χ0n) is 7.15. The predicted octanol–water partition coefficient (Wildman–Crippen LogP) is 2.46. The lowest BCUT2D eigenvalue weighted by molar-refractivity contribution is 0.544. The highest BCUT2D eigenvalue weighted by molar-refractivity contribution is 6.18. The first-order chi connectivity index (χ1) is 6.19. The Labute approximate surface area is 80.7 Å². The van der Waals surface area contributed by atoms with Gasteiger partial charge in [-0.2, -0.15) is 0 Å². The molecule has 1 rings (SSSR count). The van der Waals surface area contributed by atoms with E-state index in [0.717, 1.165) is 6.07 Å². The number of nitrogens with one attached hydrogen (secondary N) is 1. The maximum atomic E-state index is 13.1. The quantitative estimate of drug-likeness (QED) is 0.748. The van der Waals surface area contributed by atoms with Crippen LogP contribution in [-0.4, -0.2) is 12.9 Å². The van der Waals surface area contributed by atoms with Gasteiger partial charge in [-0.3, -0.25) is 0 Å². The van der Waals surface area contributed by atoms with Gasteiger partial charge in [0.15, 0.2) is 0 Å². The van der Waals surface area contributed by atoms with Gasteiger partial charge in [-0.1, -0.05) is 6.07 Å². The third kappa shape index (κ3) is 2.39. The summed E-state index contributed by atoms with van der Waals surface area (Å²) in [5.41, 5.74) is 0.388. The number of hydrogen-bond donors (Lipinski definition) is 1. The van der Waals surface area contributed by atoms with E-state index in [1.807, 2.05) is 0 Å². The van der Waals surface area contributed by atoms with Gasteiger partial charge in [0.1, 0.15) is 11.6 Å². The molecule has 0 fully saturated rings. The first kappa shape index (κ1) is 10.4. The molecular weight excluding hydrogens is 196 g/mol. The van der Waals surface area contributed by atoms with Crippen LogP contribution in [0.5, 0.6) is 0 Å². The maximum absolute atomic E-state index is 13.1. The third-order valence-electron chi connectivity index (χ3n) is 1.84. The molecule has 0 aliphatic heterocycles. The summed E-state index contributed by atoms with van der Waals surface area (Å²) in [6.45, 7) is 0. The SMILES string of the molecule is CNC(CCl)c1ccc(F)cc1F. The summed E-state index contributed by atoms with van der Waals surface area (Å²) < 4.78 is 25.7. The van der Waals surface area contributed by atoms with Crippen LogP contribution in [0.15, 0.2) is 18.2 Å². The molecule has 4 heteroatoms. The van der Waals surface area contributed by atoms with Gasteiger partial charge in [0.25, 0.3) is 0 Å². The van der Waals surface area contributed by atoms with E-state index in [4.69, 9.17) is 11.6 Å². The molecule has 1 aromatic carbocycles. The standard InChI is InChI=1S/C9H10ClF2N/c1-13-9(5-10)7-3-2-6(11)4-8(7)12/h2-4,9,13H,5H2,1H3. The van der Waals surface area contributed by atoms with Crippen molar-refractivity contribution in [2.45, 2.75) is 6.04 Å². The maximum Gasteiger partial charge on any atom is 0.130 e. The molecule has 0 heterocycles. The highest BCUT2D eigenvalue weighted by Crippen LogP contribution is 2.18. The van der Waals surface area contributed by atoms with Crippen molar-refractivity contribution in [1.82, 2.24) is 5.32 Å². The lowest BCUT2D eigenvalue weighted by Gasteiger charge is -2.13. The van der Waals surface area contributed by atoms with Crippen molar-refractivity contribution in [3.63, 3.8) is 0 Å². The zero-order valence-corrected chi connectivity index (χ0v) is 7.91. The number of benzene rings is 1. The van der Waals surface area contributed by atoms with Gasteiger partial charge >= 0.3 is 0 Å². The highest BCUT2D eigenvalue weighted by atomic mass is 35.5. The fraction of sp³-hybridized carbons (Fsp3) is 0.333. The Kier molecular flexibility index (Phi) is 3.63. The van der Waals surface area contributed by atoms with Crippen molar-refractivity contribution >= 4 is 11.6 Å². The van der Waals surface area contributed by atoms with Crippen molar-refractivity contribution in [1.29, 1.82) is 0 Å². The molecule has 0 spiro atoms. The fourth-order valence-corrected chi connectivity index (χ4v) is 1.42. The van der Waals surface area contributed by atoms with Gasteiger partial charge in [0.05, 0.1) is 0 Å². The summed E-state index contributed by atoms with van der Waals surface area (Å²) in [6, 6.07) is 3.19. The molecule has 0 amide bonds. The van der Waals surface area contributed by atoms with Crippen LogP contribution in [-0.2, 0) is 0 Å². The van der Waals surface area contributed by atoms with E-state index in [0.29, 0.717) is 5.56 Å². The average molecular weight is 206 g/mol. The van der Waals surface area contributed by atoms with Crippen molar-refractivity contribution in [2.24, 2.45) is 0 Å². The number of halogens is 3. The summed E-state index contributed by atoms with van der Waals surface area (Å²) in [4.78, 5) is 0. The molecule has 1 atom stereocenters. The van der Waals surface area contributed by atoms with Gasteiger partial charge in [0.2, 0.25) is 0 Å². The summed E-state index contributed by atoms with van der Waals surface area (Å²) in [7, 11) is 1.68. The van der Waals surface area contributed by atoms with E-state index in [1.165, 1.54) is 12.1 Å². The van der Waals surface area contributed by atoms with Gasteiger partial charge in [-0.05, 0) is 13.1 Å². The normalized spacial score (nSPS) is 12.9. The molecule has 13 heavy (non-hydrogen) atoms. The second kappa shape index (κ2) is 4.53. The lowest BCUT2D eigenvalue weighted by Crippen LogP contribution is -2.19. The Morgan fingerprint density at radius 3 is 2.62 bits per heavy atom. The van der Waals surface area contributed by atoms with E-state index in [9.17, 15) is 8.78 Å². The van der Waals surface area contributed by atoms with E-state index in [1.54, 1.807) is 7.05 Å². The monoisotopic (exact) mass is 205 g/mol. The molecular formula is C9H10ClF2N. The Hall–Kier alpha value is -0.670. The molecule has 72 valence electrons. The molecule has 0 saturated heterocycles. The largest absolute Gasteiger partial charge is 0.312 e. The van der Waals surface area contributed by atoms with Crippen molar-refractivity contribution < 1.29 is 8.78 Å². The van der Waals surface area contributed by atoms with Crippen LogP contribution in [0.2, 0.25) is 0 Å². The minimum Gasteiger partial charge on any atom is -0.312 e. The molecule has 0 bridgehead atoms. The van der Waals surface area contributed by atoms with Crippen LogP contribution in [0.1, 0.15) is 11.6 Å². The van der Waals surface area contributed by atoms with Gasteiger partial charge in [-0.15, -0.1) is 11.6 Å². The minimum absolute atomic E-state index is 0.249. The van der Waals surface area contributed by atoms with Crippen LogP contribution < -0.4 is 5.32 Å². The summed E-state index contributed by atoms with van der Waals surface area (Å²) >= 11 is 5.59. The molecule has 0 radical (unpaired) electrons. The first-order valence-electron chi connectivity index (χ1n) is 3.87. The molecule has 0 aromatic heterocycles. The van der Waals surface area contributed by atoms with Crippen LogP contribution >= 0.6 is 11.6 Å². The number of alkyl halides is 1. The third-order valence-corrected chi connectivity index (χ3v) is 2.15. The average Bonchev–Trinajstić information content (AvgIpc) is 2.10. The van der Waals surface area contributed by atoms with Crippen LogP contribution in [0.3, 0.4) is 0 Å². The van der Waals surface area contributed by atoms with Crippen LogP contribution in [0, 0.1) is 11.6 Å². The molecule has 0 aliphatic carbocycles. The van der Waals surface area contributed by atoms with Crippen LogP contribution in [0.25, 0.3) is 0 Å². The molecule has 0 saturated carbocycles. The van der Waals surface area contributed by atoms with Crippen LogP contribution in [0.4, 0.5) is 8.78 Å². The second-order valence-electron chi connectivity index (χ2n) is 2.66.